The first-order valence-corrected chi connectivity index (χ1v) is 9.25. The highest BCUT2D eigenvalue weighted by molar-refractivity contribution is 5.15. The molecule has 4 heteroatoms. The molecule has 0 radical (unpaired) electrons. The van der Waals surface area contributed by atoms with Crippen LogP contribution in [0, 0.1) is 5.92 Å². The van der Waals surface area contributed by atoms with E-state index in [1.54, 1.807) is 0 Å². The highest BCUT2D eigenvalue weighted by atomic mass is 16.5. The van der Waals surface area contributed by atoms with Gasteiger partial charge in [-0.15, -0.1) is 0 Å². The fraction of sp³-hybridized carbons (Fsp3) is 0.550. The average molecular weight is 325 g/mol. The SMILES string of the molecule is CCc1cc(CN2C[C@H]3CC[C@@H](C2)N(Cc2ccccc2)C3)on1. The van der Waals surface area contributed by atoms with E-state index in [1.165, 1.54) is 31.5 Å². The summed E-state index contributed by atoms with van der Waals surface area (Å²) in [7, 11) is 0. The molecule has 2 atom stereocenters. The second kappa shape index (κ2) is 7.08. The van der Waals surface area contributed by atoms with Crippen molar-refractivity contribution in [3.05, 3.63) is 53.4 Å². The number of hydrogen-bond acceptors (Lipinski definition) is 4. The summed E-state index contributed by atoms with van der Waals surface area (Å²) in [6.45, 7) is 7.66. The Morgan fingerprint density at radius 2 is 1.96 bits per heavy atom. The lowest BCUT2D eigenvalue weighted by molar-refractivity contribution is 0.122. The molecule has 5 rings (SSSR count). The summed E-state index contributed by atoms with van der Waals surface area (Å²) in [6, 6.07) is 13.7. The average Bonchev–Trinajstić information content (AvgIpc) is 2.88. The lowest BCUT2D eigenvalue weighted by Crippen LogP contribution is -2.43. The maximum Gasteiger partial charge on any atom is 0.150 e. The van der Waals surface area contributed by atoms with Gasteiger partial charge in [0.25, 0.3) is 0 Å². The molecule has 1 aromatic carbocycles. The Morgan fingerprint density at radius 1 is 1.08 bits per heavy atom. The van der Waals surface area contributed by atoms with Crippen molar-refractivity contribution in [3.8, 4) is 0 Å². The number of rotatable bonds is 5. The van der Waals surface area contributed by atoms with E-state index in [9.17, 15) is 0 Å². The number of benzene rings is 1. The molecule has 24 heavy (non-hydrogen) atoms. The summed E-state index contributed by atoms with van der Waals surface area (Å²) < 4.78 is 5.51. The van der Waals surface area contributed by atoms with E-state index < -0.39 is 0 Å². The van der Waals surface area contributed by atoms with Crippen molar-refractivity contribution in [2.24, 2.45) is 5.92 Å². The molecule has 0 spiro atoms. The van der Waals surface area contributed by atoms with Crippen LogP contribution in [0.25, 0.3) is 0 Å². The summed E-state index contributed by atoms with van der Waals surface area (Å²) in [6.07, 6.45) is 3.63. The van der Waals surface area contributed by atoms with Crippen LogP contribution in [0.2, 0.25) is 0 Å². The van der Waals surface area contributed by atoms with Crippen LogP contribution in [0.4, 0.5) is 0 Å². The van der Waals surface area contributed by atoms with Crippen LogP contribution in [-0.4, -0.2) is 40.6 Å². The maximum atomic E-state index is 5.51. The Balaban J connectivity index is 1.42. The molecule has 0 saturated carbocycles. The van der Waals surface area contributed by atoms with Gasteiger partial charge in [-0.05, 0) is 30.7 Å². The molecule has 2 bridgehead atoms. The normalized spacial score (nSPS) is 25.0. The Labute approximate surface area is 144 Å². The Bertz CT molecular complexity index is 654. The van der Waals surface area contributed by atoms with Crippen molar-refractivity contribution in [2.75, 3.05) is 19.6 Å². The molecular formula is C20H27N3O. The molecule has 128 valence electrons. The third-order valence-electron chi connectivity index (χ3n) is 5.48. The topological polar surface area (TPSA) is 32.5 Å². The van der Waals surface area contributed by atoms with Gasteiger partial charge in [0.2, 0.25) is 0 Å². The molecular weight excluding hydrogens is 298 g/mol. The molecule has 0 amide bonds. The molecule has 3 saturated heterocycles. The van der Waals surface area contributed by atoms with Crippen LogP contribution in [-0.2, 0) is 19.5 Å². The van der Waals surface area contributed by atoms with E-state index in [1.807, 2.05) is 0 Å². The van der Waals surface area contributed by atoms with Crippen molar-refractivity contribution < 1.29 is 4.52 Å². The molecule has 0 unspecified atom stereocenters. The van der Waals surface area contributed by atoms with E-state index in [0.717, 1.165) is 43.4 Å². The third-order valence-corrected chi connectivity index (χ3v) is 5.48. The number of aryl methyl sites for hydroxylation is 1. The summed E-state index contributed by atoms with van der Waals surface area (Å²) >= 11 is 0. The summed E-state index contributed by atoms with van der Waals surface area (Å²) in [4.78, 5) is 5.27. The van der Waals surface area contributed by atoms with Gasteiger partial charge in [0.1, 0.15) is 0 Å². The number of piperidine rings is 1. The first-order valence-electron chi connectivity index (χ1n) is 9.25. The van der Waals surface area contributed by atoms with Crippen LogP contribution < -0.4 is 0 Å². The number of hydrogen-bond donors (Lipinski definition) is 0. The molecule has 3 fully saturated rings. The largest absolute Gasteiger partial charge is 0.360 e. The zero-order valence-electron chi connectivity index (χ0n) is 14.5. The van der Waals surface area contributed by atoms with Crippen molar-refractivity contribution in [2.45, 2.75) is 45.3 Å². The van der Waals surface area contributed by atoms with Crippen molar-refractivity contribution in [1.82, 2.24) is 15.0 Å². The van der Waals surface area contributed by atoms with Crippen LogP contribution in [0.1, 0.15) is 36.8 Å². The fourth-order valence-electron chi connectivity index (χ4n) is 4.23. The molecule has 1 aromatic heterocycles. The van der Waals surface area contributed by atoms with Gasteiger partial charge in [0.05, 0.1) is 12.2 Å². The minimum Gasteiger partial charge on any atom is -0.360 e. The number of aromatic nitrogens is 1. The van der Waals surface area contributed by atoms with Crippen molar-refractivity contribution >= 4 is 0 Å². The van der Waals surface area contributed by atoms with E-state index >= 15 is 0 Å². The molecule has 3 aliphatic rings. The minimum absolute atomic E-state index is 0.664. The van der Waals surface area contributed by atoms with Crippen LogP contribution in [0.15, 0.2) is 40.9 Å². The zero-order valence-corrected chi connectivity index (χ0v) is 14.5. The Hall–Kier alpha value is -1.65. The predicted octanol–water partition coefficient (Wildman–Crippen LogP) is 3.33. The third kappa shape index (κ3) is 3.55. The van der Waals surface area contributed by atoms with Gasteiger partial charge in [-0.25, -0.2) is 0 Å². The van der Waals surface area contributed by atoms with Gasteiger partial charge in [-0.1, -0.05) is 42.4 Å². The summed E-state index contributed by atoms with van der Waals surface area (Å²) in [5, 5.41) is 4.14. The van der Waals surface area contributed by atoms with E-state index in [4.69, 9.17) is 4.52 Å². The highest BCUT2D eigenvalue weighted by Crippen LogP contribution is 2.30. The molecule has 4 nitrogen and oxygen atoms in total. The standard InChI is InChI=1S/C20H27N3O/c1-2-18-10-20(24-21-18)15-22-11-17-8-9-19(14-22)23(13-17)12-16-6-4-3-5-7-16/h3-7,10,17,19H,2,8-9,11-15H2,1H3/t17-,19+/m1/s1. The van der Waals surface area contributed by atoms with E-state index in [0.29, 0.717) is 6.04 Å². The molecule has 2 aromatic rings. The van der Waals surface area contributed by atoms with Gasteiger partial charge in [-0.3, -0.25) is 9.80 Å². The predicted molar refractivity (Wildman–Crippen MR) is 94.5 cm³/mol. The molecule has 4 heterocycles. The highest BCUT2D eigenvalue weighted by Gasteiger charge is 2.34. The summed E-state index contributed by atoms with van der Waals surface area (Å²) in [5.74, 6) is 1.80. The molecule has 0 aliphatic carbocycles. The molecule has 0 N–H and O–H groups in total. The Kier molecular flexibility index (Phi) is 4.67. The van der Waals surface area contributed by atoms with Gasteiger partial charge in [-0.2, -0.15) is 0 Å². The van der Waals surface area contributed by atoms with Gasteiger partial charge in [0.15, 0.2) is 5.76 Å². The Morgan fingerprint density at radius 3 is 2.75 bits per heavy atom. The monoisotopic (exact) mass is 325 g/mol. The lowest BCUT2D eigenvalue weighted by atomic mass is 9.94. The van der Waals surface area contributed by atoms with Crippen LogP contribution in [0.5, 0.6) is 0 Å². The number of nitrogens with zero attached hydrogens (tertiary/aromatic N) is 3. The summed E-state index contributed by atoms with van der Waals surface area (Å²) in [5.41, 5.74) is 2.49. The zero-order chi connectivity index (χ0) is 16.4. The van der Waals surface area contributed by atoms with Crippen LogP contribution in [0.3, 0.4) is 0 Å². The van der Waals surface area contributed by atoms with Gasteiger partial charge >= 0.3 is 0 Å². The quantitative estimate of drug-likeness (QED) is 0.844. The first-order chi connectivity index (χ1) is 11.8. The van der Waals surface area contributed by atoms with E-state index in [-0.39, 0.29) is 0 Å². The second-order valence-corrected chi connectivity index (χ2v) is 7.34. The van der Waals surface area contributed by atoms with Crippen molar-refractivity contribution in [3.63, 3.8) is 0 Å². The van der Waals surface area contributed by atoms with E-state index in [2.05, 4.69) is 58.3 Å². The smallest absolute Gasteiger partial charge is 0.150 e. The molecule has 3 aliphatic heterocycles. The van der Waals surface area contributed by atoms with Crippen LogP contribution >= 0.6 is 0 Å². The minimum atomic E-state index is 0.664. The first kappa shape index (κ1) is 15.9. The maximum absolute atomic E-state index is 5.51. The van der Waals surface area contributed by atoms with Gasteiger partial charge < -0.3 is 4.52 Å². The fourth-order valence-corrected chi connectivity index (χ4v) is 4.23. The van der Waals surface area contributed by atoms with Gasteiger partial charge in [0, 0.05) is 38.3 Å². The number of fused-ring (bicyclic) bond motifs is 4. The second-order valence-electron chi connectivity index (χ2n) is 7.34. The lowest BCUT2D eigenvalue weighted by Gasteiger charge is -2.36. The van der Waals surface area contributed by atoms with Crippen molar-refractivity contribution in [1.29, 1.82) is 0 Å².